The Morgan fingerprint density at radius 1 is 1.14 bits per heavy atom. The Labute approximate surface area is 127 Å². The average Bonchev–Trinajstić information content (AvgIpc) is 2.52. The van der Waals surface area contributed by atoms with Gasteiger partial charge in [0.1, 0.15) is 17.1 Å². The van der Waals surface area contributed by atoms with E-state index in [4.69, 9.17) is 14.6 Å². The van der Waals surface area contributed by atoms with Gasteiger partial charge in [-0.05, 0) is 35.9 Å². The Morgan fingerprint density at radius 2 is 1.95 bits per heavy atom. The molecular weight excluding hydrogens is 288 g/mol. The van der Waals surface area contributed by atoms with Crippen LogP contribution in [0.5, 0.6) is 11.5 Å². The van der Waals surface area contributed by atoms with Crippen LogP contribution in [0.2, 0.25) is 0 Å². The van der Waals surface area contributed by atoms with E-state index >= 15 is 0 Å². The lowest BCUT2D eigenvalue weighted by atomic mass is 10.1. The van der Waals surface area contributed by atoms with Crippen molar-refractivity contribution in [2.75, 3.05) is 14.2 Å². The summed E-state index contributed by atoms with van der Waals surface area (Å²) in [7, 11) is 3.11. The molecule has 0 aliphatic carbocycles. The van der Waals surface area contributed by atoms with Crippen LogP contribution in [-0.2, 0) is 5.75 Å². The highest BCUT2D eigenvalue weighted by Crippen LogP contribution is 2.28. The summed E-state index contributed by atoms with van der Waals surface area (Å²) in [6.45, 7) is 0. The minimum absolute atomic E-state index is 0.174. The van der Waals surface area contributed by atoms with Gasteiger partial charge < -0.3 is 14.6 Å². The molecule has 0 bridgehead atoms. The molecule has 0 fully saturated rings. The van der Waals surface area contributed by atoms with Crippen LogP contribution in [0.25, 0.3) is 0 Å². The zero-order valence-electron chi connectivity index (χ0n) is 11.8. The van der Waals surface area contributed by atoms with Gasteiger partial charge in [0.05, 0.1) is 14.2 Å². The second kappa shape index (κ2) is 7.04. The number of thioether (sulfide) groups is 1. The summed E-state index contributed by atoms with van der Waals surface area (Å²) in [6, 6.07) is 13.0. The molecule has 2 aromatic carbocycles. The van der Waals surface area contributed by atoms with Gasteiger partial charge in [-0.15, -0.1) is 11.8 Å². The van der Waals surface area contributed by atoms with Crippen LogP contribution >= 0.6 is 11.8 Å². The summed E-state index contributed by atoms with van der Waals surface area (Å²) in [5.74, 6) is 0.938. The molecule has 0 saturated heterocycles. The molecule has 4 nitrogen and oxygen atoms in total. The van der Waals surface area contributed by atoms with E-state index in [9.17, 15) is 4.79 Å². The normalized spacial score (nSPS) is 10.2. The molecule has 2 rings (SSSR count). The van der Waals surface area contributed by atoms with Crippen LogP contribution < -0.4 is 9.47 Å². The number of ether oxygens (including phenoxy) is 2. The van der Waals surface area contributed by atoms with Gasteiger partial charge in [-0.25, -0.2) is 4.79 Å². The summed E-state index contributed by atoms with van der Waals surface area (Å²) in [5, 5.41) is 9.05. The first kappa shape index (κ1) is 15.3. The number of methoxy groups -OCH3 is 2. The molecule has 0 spiro atoms. The van der Waals surface area contributed by atoms with Gasteiger partial charge in [0, 0.05) is 10.6 Å². The van der Waals surface area contributed by atoms with Crippen molar-refractivity contribution in [3.8, 4) is 11.5 Å². The quantitative estimate of drug-likeness (QED) is 0.825. The lowest BCUT2D eigenvalue weighted by molar-refractivity contribution is 0.0693. The lowest BCUT2D eigenvalue weighted by Crippen LogP contribution is -2.00. The topological polar surface area (TPSA) is 55.8 Å². The molecule has 21 heavy (non-hydrogen) atoms. The monoisotopic (exact) mass is 304 g/mol. The summed E-state index contributed by atoms with van der Waals surface area (Å²) in [4.78, 5) is 12.1. The molecule has 5 heteroatoms. The molecule has 1 N–H and O–H groups in total. The van der Waals surface area contributed by atoms with Gasteiger partial charge in [0.15, 0.2) is 0 Å². The van der Waals surface area contributed by atoms with E-state index in [1.165, 1.54) is 7.11 Å². The minimum Gasteiger partial charge on any atom is -0.497 e. The summed E-state index contributed by atoms with van der Waals surface area (Å²) >= 11 is 1.65. The Hall–Kier alpha value is -2.14. The highest BCUT2D eigenvalue weighted by atomic mass is 32.2. The number of hydrogen-bond donors (Lipinski definition) is 1. The van der Waals surface area contributed by atoms with Crippen molar-refractivity contribution >= 4 is 17.7 Å². The van der Waals surface area contributed by atoms with Crippen molar-refractivity contribution in [1.29, 1.82) is 0 Å². The van der Waals surface area contributed by atoms with Crippen molar-refractivity contribution in [2.24, 2.45) is 0 Å². The average molecular weight is 304 g/mol. The summed E-state index contributed by atoms with van der Waals surface area (Å²) in [6.07, 6.45) is 0. The minimum atomic E-state index is -0.987. The molecular formula is C16H16O4S. The molecule has 0 aliphatic rings. The van der Waals surface area contributed by atoms with Gasteiger partial charge in [-0.2, -0.15) is 0 Å². The van der Waals surface area contributed by atoms with E-state index in [0.29, 0.717) is 5.75 Å². The Morgan fingerprint density at radius 3 is 2.62 bits per heavy atom. The van der Waals surface area contributed by atoms with Gasteiger partial charge in [-0.1, -0.05) is 12.1 Å². The van der Waals surface area contributed by atoms with Crippen LogP contribution in [0, 0.1) is 0 Å². The van der Waals surface area contributed by atoms with Crippen molar-refractivity contribution in [2.45, 2.75) is 10.6 Å². The van der Waals surface area contributed by atoms with Crippen LogP contribution in [0.1, 0.15) is 15.9 Å². The fraction of sp³-hybridized carbons (Fsp3) is 0.188. The van der Waals surface area contributed by atoms with E-state index in [2.05, 4.69) is 0 Å². The van der Waals surface area contributed by atoms with E-state index in [1.807, 2.05) is 24.3 Å². The van der Waals surface area contributed by atoms with E-state index in [1.54, 1.807) is 37.1 Å². The molecule has 2 aromatic rings. The fourth-order valence-electron chi connectivity index (χ4n) is 1.86. The SMILES string of the molecule is COc1cccc(SCc2ccc(C(=O)O)c(OC)c2)c1. The number of carbonyl (C=O) groups is 1. The zero-order chi connectivity index (χ0) is 15.2. The number of carboxylic acids is 1. The number of rotatable bonds is 6. The number of aromatic carboxylic acids is 1. The Bertz CT molecular complexity index is 640. The molecule has 110 valence electrons. The Kier molecular flexibility index (Phi) is 5.11. The maximum atomic E-state index is 11.0. The number of hydrogen-bond acceptors (Lipinski definition) is 4. The largest absolute Gasteiger partial charge is 0.497 e. The van der Waals surface area contributed by atoms with Crippen molar-refractivity contribution in [1.82, 2.24) is 0 Å². The summed E-state index contributed by atoms with van der Waals surface area (Å²) < 4.78 is 10.3. The number of carboxylic acid groups (broad SMARTS) is 1. The fourth-order valence-corrected chi connectivity index (χ4v) is 2.75. The smallest absolute Gasteiger partial charge is 0.339 e. The maximum absolute atomic E-state index is 11.0. The second-order valence-electron chi connectivity index (χ2n) is 4.31. The first-order valence-corrected chi connectivity index (χ1v) is 7.29. The molecule has 0 heterocycles. The lowest BCUT2D eigenvalue weighted by Gasteiger charge is -2.08. The highest BCUT2D eigenvalue weighted by molar-refractivity contribution is 7.98. The van der Waals surface area contributed by atoms with Crippen LogP contribution in [0.3, 0.4) is 0 Å². The molecule has 0 unspecified atom stereocenters. The van der Waals surface area contributed by atoms with Crippen LogP contribution in [0.4, 0.5) is 0 Å². The maximum Gasteiger partial charge on any atom is 0.339 e. The van der Waals surface area contributed by atoms with Crippen LogP contribution in [-0.4, -0.2) is 25.3 Å². The van der Waals surface area contributed by atoms with E-state index < -0.39 is 5.97 Å². The first-order chi connectivity index (χ1) is 10.1. The molecule has 0 radical (unpaired) electrons. The second-order valence-corrected chi connectivity index (χ2v) is 5.36. The third-order valence-corrected chi connectivity index (χ3v) is 4.01. The number of benzene rings is 2. The van der Waals surface area contributed by atoms with Crippen LogP contribution in [0.15, 0.2) is 47.4 Å². The Balaban J connectivity index is 2.11. The van der Waals surface area contributed by atoms with Crippen molar-refractivity contribution in [3.05, 3.63) is 53.6 Å². The predicted octanol–water partition coefficient (Wildman–Crippen LogP) is 3.69. The molecule has 0 saturated carbocycles. The van der Waals surface area contributed by atoms with Gasteiger partial charge in [0.2, 0.25) is 0 Å². The molecule has 0 amide bonds. The summed E-state index contributed by atoms with van der Waals surface area (Å²) in [5.41, 5.74) is 1.18. The zero-order valence-corrected chi connectivity index (χ0v) is 12.6. The molecule has 0 aromatic heterocycles. The van der Waals surface area contributed by atoms with E-state index in [-0.39, 0.29) is 5.56 Å². The third kappa shape index (κ3) is 3.92. The van der Waals surface area contributed by atoms with E-state index in [0.717, 1.165) is 22.0 Å². The van der Waals surface area contributed by atoms with Gasteiger partial charge in [-0.3, -0.25) is 0 Å². The first-order valence-electron chi connectivity index (χ1n) is 6.31. The molecule has 0 atom stereocenters. The van der Waals surface area contributed by atoms with Crippen molar-refractivity contribution < 1.29 is 19.4 Å². The van der Waals surface area contributed by atoms with Gasteiger partial charge >= 0.3 is 5.97 Å². The van der Waals surface area contributed by atoms with Crippen molar-refractivity contribution in [3.63, 3.8) is 0 Å². The third-order valence-electron chi connectivity index (χ3n) is 2.94. The molecule has 0 aliphatic heterocycles. The highest BCUT2D eigenvalue weighted by Gasteiger charge is 2.11. The standard InChI is InChI=1S/C16H16O4S/c1-19-12-4-3-5-13(9-12)21-10-11-6-7-14(16(17)18)15(8-11)20-2/h3-9H,10H2,1-2H3,(H,17,18). The van der Waals surface area contributed by atoms with Gasteiger partial charge in [0.25, 0.3) is 0 Å². The predicted molar refractivity (Wildman–Crippen MR) is 82.5 cm³/mol.